The van der Waals surface area contributed by atoms with E-state index < -0.39 is 0 Å². The standard InChI is InChI=1S/C20H17ClN4OS/c1-13-4-2-7-16(23-13)8-9-22-19(26)18-12-27-20-24-17(11-25(18)20)14-5-3-6-15(21)10-14/h2-7,10-12H,8-9H2,1H3,(H,22,26). The number of hydrogen-bond acceptors (Lipinski definition) is 4. The summed E-state index contributed by atoms with van der Waals surface area (Å²) in [6.07, 6.45) is 2.56. The average molecular weight is 397 g/mol. The number of rotatable bonds is 5. The monoisotopic (exact) mass is 396 g/mol. The molecular weight excluding hydrogens is 380 g/mol. The highest BCUT2D eigenvalue weighted by molar-refractivity contribution is 7.15. The molecule has 0 saturated heterocycles. The minimum absolute atomic E-state index is 0.121. The summed E-state index contributed by atoms with van der Waals surface area (Å²) in [6.45, 7) is 2.49. The summed E-state index contributed by atoms with van der Waals surface area (Å²) < 4.78 is 1.82. The van der Waals surface area contributed by atoms with Gasteiger partial charge in [0.25, 0.3) is 5.91 Å². The molecule has 1 N–H and O–H groups in total. The van der Waals surface area contributed by atoms with Gasteiger partial charge in [0.05, 0.1) is 5.69 Å². The van der Waals surface area contributed by atoms with Crippen molar-refractivity contribution in [2.24, 2.45) is 0 Å². The molecule has 0 fully saturated rings. The van der Waals surface area contributed by atoms with E-state index in [1.807, 2.05) is 65.4 Å². The zero-order valence-electron chi connectivity index (χ0n) is 14.6. The Morgan fingerprint density at radius 1 is 1.22 bits per heavy atom. The topological polar surface area (TPSA) is 59.3 Å². The van der Waals surface area contributed by atoms with Crippen LogP contribution in [0.4, 0.5) is 0 Å². The van der Waals surface area contributed by atoms with Gasteiger partial charge >= 0.3 is 0 Å². The Labute approximate surface area is 165 Å². The fourth-order valence-corrected chi connectivity index (χ4v) is 3.91. The molecule has 7 heteroatoms. The summed E-state index contributed by atoms with van der Waals surface area (Å²) in [5, 5.41) is 5.44. The maximum atomic E-state index is 12.6. The van der Waals surface area contributed by atoms with Gasteiger partial charge < -0.3 is 5.32 Å². The zero-order valence-corrected chi connectivity index (χ0v) is 16.2. The Hall–Kier alpha value is -2.70. The first-order valence-corrected chi connectivity index (χ1v) is 9.79. The lowest BCUT2D eigenvalue weighted by atomic mass is 10.2. The summed E-state index contributed by atoms with van der Waals surface area (Å²) in [5.74, 6) is -0.121. The van der Waals surface area contributed by atoms with E-state index in [1.54, 1.807) is 0 Å². The molecule has 3 aromatic heterocycles. The third-order valence-electron chi connectivity index (χ3n) is 4.17. The molecule has 4 rings (SSSR count). The van der Waals surface area contributed by atoms with Gasteiger partial charge in [-0.1, -0.05) is 29.8 Å². The molecule has 5 nitrogen and oxygen atoms in total. The van der Waals surface area contributed by atoms with Crippen LogP contribution in [0.15, 0.2) is 54.0 Å². The molecule has 0 bridgehead atoms. The molecule has 1 amide bonds. The number of carbonyl (C=O) groups is 1. The summed E-state index contributed by atoms with van der Waals surface area (Å²) >= 11 is 7.50. The van der Waals surface area contributed by atoms with Crippen LogP contribution in [0, 0.1) is 6.92 Å². The van der Waals surface area contributed by atoms with Gasteiger partial charge in [-0.05, 0) is 31.2 Å². The van der Waals surface area contributed by atoms with Gasteiger partial charge in [0.1, 0.15) is 5.69 Å². The second-order valence-electron chi connectivity index (χ2n) is 6.19. The molecule has 0 saturated carbocycles. The third kappa shape index (κ3) is 3.86. The number of pyridine rings is 1. The lowest BCUT2D eigenvalue weighted by Gasteiger charge is -2.05. The molecule has 0 aliphatic rings. The predicted octanol–water partition coefficient (Wildman–Crippen LogP) is 4.39. The van der Waals surface area contributed by atoms with Gasteiger partial charge in [-0.2, -0.15) is 0 Å². The molecule has 0 spiro atoms. The lowest BCUT2D eigenvalue weighted by molar-refractivity contribution is 0.0948. The van der Waals surface area contributed by atoms with Crippen molar-refractivity contribution < 1.29 is 4.79 Å². The molecule has 0 unspecified atom stereocenters. The molecule has 3 heterocycles. The van der Waals surface area contributed by atoms with E-state index in [0.29, 0.717) is 23.7 Å². The number of halogens is 1. The van der Waals surface area contributed by atoms with E-state index in [0.717, 1.165) is 27.6 Å². The lowest BCUT2D eigenvalue weighted by Crippen LogP contribution is -2.26. The second-order valence-corrected chi connectivity index (χ2v) is 7.46. The van der Waals surface area contributed by atoms with Crippen LogP contribution in [-0.2, 0) is 6.42 Å². The highest BCUT2D eigenvalue weighted by atomic mass is 35.5. The van der Waals surface area contributed by atoms with Crippen molar-refractivity contribution in [3.63, 3.8) is 0 Å². The molecule has 0 aliphatic carbocycles. The number of hydrogen-bond donors (Lipinski definition) is 1. The molecule has 1 aromatic carbocycles. The molecule has 0 aliphatic heterocycles. The number of nitrogens with one attached hydrogen (secondary N) is 1. The van der Waals surface area contributed by atoms with E-state index in [1.165, 1.54) is 11.3 Å². The Kier molecular flexibility index (Phi) is 4.92. The van der Waals surface area contributed by atoms with Crippen molar-refractivity contribution >= 4 is 33.8 Å². The minimum atomic E-state index is -0.121. The van der Waals surface area contributed by atoms with Crippen LogP contribution in [0.1, 0.15) is 21.9 Å². The molecular formula is C20H17ClN4OS. The van der Waals surface area contributed by atoms with Crippen LogP contribution in [0.2, 0.25) is 5.02 Å². The number of thiazole rings is 1. The summed E-state index contributed by atoms with van der Waals surface area (Å²) in [6, 6.07) is 13.4. The highest BCUT2D eigenvalue weighted by Gasteiger charge is 2.15. The van der Waals surface area contributed by atoms with Crippen LogP contribution in [0.5, 0.6) is 0 Å². The van der Waals surface area contributed by atoms with Crippen LogP contribution >= 0.6 is 22.9 Å². The number of amides is 1. The summed E-state index contributed by atoms with van der Waals surface area (Å²) in [5.41, 5.74) is 4.24. The van der Waals surface area contributed by atoms with Crippen molar-refractivity contribution in [2.45, 2.75) is 13.3 Å². The van der Waals surface area contributed by atoms with Gasteiger partial charge in [-0.3, -0.25) is 14.2 Å². The van der Waals surface area contributed by atoms with Crippen LogP contribution in [-0.4, -0.2) is 26.8 Å². The first-order valence-electron chi connectivity index (χ1n) is 8.53. The smallest absolute Gasteiger partial charge is 0.269 e. The van der Waals surface area contributed by atoms with Crippen molar-refractivity contribution in [1.82, 2.24) is 19.7 Å². The van der Waals surface area contributed by atoms with Crippen molar-refractivity contribution in [2.75, 3.05) is 6.54 Å². The van der Waals surface area contributed by atoms with E-state index in [-0.39, 0.29) is 5.91 Å². The first-order chi connectivity index (χ1) is 13.1. The first kappa shape index (κ1) is 17.7. The van der Waals surface area contributed by atoms with Crippen LogP contribution in [0.3, 0.4) is 0 Å². The maximum Gasteiger partial charge on any atom is 0.269 e. The molecule has 136 valence electrons. The Morgan fingerprint density at radius 2 is 2.07 bits per heavy atom. The predicted molar refractivity (Wildman–Crippen MR) is 109 cm³/mol. The van der Waals surface area contributed by atoms with E-state index in [4.69, 9.17) is 11.6 Å². The van der Waals surface area contributed by atoms with Gasteiger partial charge in [0.2, 0.25) is 0 Å². The Balaban J connectivity index is 1.49. The SMILES string of the molecule is Cc1cccc(CCNC(=O)c2csc3nc(-c4cccc(Cl)c4)cn23)n1. The van der Waals surface area contributed by atoms with E-state index in [9.17, 15) is 4.79 Å². The largest absolute Gasteiger partial charge is 0.350 e. The summed E-state index contributed by atoms with van der Waals surface area (Å²) in [4.78, 5) is 22.4. The number of aromatic nitrogens is 3. The van der Waals surface area contributed by atoms with E-state index >= 15 is 0 Å². The summed E-state index contributed by atoms with van der Waals surface area (Å²) in [7, 11) is 0. The normalized spacial score (nSPS) is 11.0. The van der Waals surface area contributed by atoms with Crippen molar-refractivity contribution in [1.29, 1.82) is 0 Å². The minimum Gasteiger partial charge on any atom is -0.350 e. The molecule has 27 heavy (non-hydrogen) atoms. The van der Waals surface area contributed by atoms with E-state index in [2.05, 4.69) is 15.3 Å². The van der Waals surface area contributed by atoms with Gasteiger partial charge in [0.15, 0.2) is 4.96 Å². The zero-order chi connectivity index (χ0) is 18.8. The quantitative estimate of drug-likeness (QED) is 0.544. The number of carbonyl (C=O) groups excluding carboxylic acids is 1. The fraction of sp³-hybridized carbons (Fsp3) is 0.150. The molecule has 4 aromatic rings. The average Bonchev–Trinajstić information content (AvgIpc) is 3.22. The Morgan fingerprint density at radius 3 is 2.89 bits per heavy atom. The van der Waals surface area contributed by atoms with Gasteiger partial charge in [-0.15, -0.1) is 11.3 Å². The van der Waals surface area contributed by atoms with Crippen LogP contribution in [0.25, 0.3) is 16.2 Å². The molecule has 0 atom stereocenters. The fourth-order valence-electron chi connectivity index (χ4n) is 2.87. The Bertz CT molecular complexity index is 1120. The second kappa shape index (κ2) is 7.50. The number of imidazole rings is 1. The highest BCUT2D eigenvalue weighted by Crippen LogP contribution is 2.25. The van der Waals surface area contributed by atoms with Gasteiger partial charge in [0, 0.05) is 46.5 Å². The maximum absolute atomic E-state index is 12.6. The van der Waals surface area contributed by atoms with Gasteiger partial charge in [-0.25, -0.2) is 4.98 Å². The number of benzene rings is 1. The van der Waals surface area contributed by atoms with Crippen molar-refractivity contribution in [3.05, 3.63) is 76.1 Å². The third-order valence-corrected chi connectivity index (χ3v) is 5.25. The molecule has 0 radical (unpaired) electrons. The number of aryl methyl sites for hydroxylation is 1. The van der Waals surface area contributed by atoms with Crippen LogP contribution < -0.4 is 5.32 Å². The van der Waals surface area contributed by atoms with Crippen molar-refractivity contribution in [3.8, 4) is 11.3 Å². The number of fused-ring (bicyclic) bond motifs is 1. The number of nitrogens with zero attached hydrogens (tertiary/aromatic N) is 3.